The average Bonchev–Trinajstić information content (AvgIpc) is 3.38. The van der Waals surface area contributed by atoms with E-state index in [-0.39, 0.29) is 0 Å². The number of fused-ring (bicyclic) bond motifs is 1. The molecule has 0 bridgehead atoms. The van der Waals surface area contributed by atoms with Crippen molar-refractivity contribution in [3.63, 3.8) is 0 Å². The first-order valence-corrected chi connectivity index (χ1v) is 13.3. The first-order valence-electron chi connectivity index (χ1n) is 12.3. The largest absolute Gasteiger partial charge is 0.341 e. The van der Waals surface area contributed by atoms with Crippen molar-refractivity contribution in [1.82, 2.24) is 29.5 Å². The second-order valence-electron chi connectivity index (χ2n) is 9.05. The second-order valence-corrected chi connectivity index (χ2v) is 9.99. The van der Waals surface area contributed by atoms with Crippen LogP contribution in [0, 0.1) is 6.92 Å². The quantitative estimate of drug-likeness (QED) is 0.287. The molecule has 6 rings (SSSR count). The molecule has 7 nitrogen and oxygen atoms in total. The Morgan fingerprint density at radius 3 is 2.42 bits per heavy atom. The second kappa shape index (κ2) is 10.1. The molecule has 0 saturated carbocycles. The molecule has 0 atom stereocenters. The lowest BCUT2D eigenvalue weighted by Crippen LogP contribution is -2.34. The van der Waals surface area contributed by atoms with E-state index in [0.717, 1.165) is 59.7 Å². The van der Waals surface area contributed by atoms with Gasteiger partial charge in [0.05, 0.1) is 11.4 Å². The van der Waals surface area contributed by atoms with Gasteiger partial charge in [0.2, 0.25) is 11.1 Å². The van der Waals surface area contributed by atoms with Gasteiger partial charge in [-0.1, -0.05) is 72.4 Å². The van der Waals surface area contributed by atoms with Crippen molar-refractivity contribution in [2.45, 2.75) is 36.6 Å². The summed E-state index contributed by atoms with van der Waals surface area (Å²) in [4.78, 5) is 21.0. The smallest absolute Gasteiger partial charge is 0.253 e. The van der Waals surface area contributed by atoms with E-state index in [1.807, 2.05) is 48.1 Å². The molecule has 4 heterocycles. The van der Waals surface area contributed by atoms with E-state index < -0.39 is 0 Å². The van der Waals surface area contributed by atoms with Crippen molar-refractivity contribution in [3.8, 4) is 11.3 Å². The van der Waals surface area contributed by atoms with Gasteiger partial charge in [0, 0.05) is 36.8 Å². The topological polar surface area (TPSA) is 72.1 Å². The van der Waals surface area contributed by atoms with Gasteiger partial charge >= 0.3 is 0 Å². The van der Waals surface area contributed by atoms with Crippen molar-refractivity contribution in [2.75, 3.05) is 18.0 Å². The average molecular weight is 494 g/mol. The van der Waals surface area contributed by atoms with Gasteiger partial charge in [-0.15, -0.1) is 5.10 Å². The molecule has 0 spiro atoms. The first-order chi connectivity index (χ1) is 17.7. The van der Waals surface area contributed by atoms with Gasteiger partial charge < -0.3 is 4.90 Å². The summed E-state index contributed by atoms with van der Waals surface area (Å²) in [6.45, 7) is 3.94. The number of aryl methyl sites for hydroxylation is 1. The summed E-state index contributed by atoms with van der Waals surface area (Å²) in [5.41, 5.74) is 5.43. The van der Waals surface area contributed by atoms with Gasteiger partial charge in [-0.05, 0) is 42.9 Å². The van der Waals surface area contributed by atoms with E-state index in [1.165, 1.54) is 11.1 Å². The number of anilines is 1. The molecule has 1 aliphatic rings. The number of aromatic nitrogens is 6. The van der Waals surface area contributed by atoms with Crippen LogP contribution in [0.15, 0.2) is 84.3 Å². The molecular weight excluding hydrogens is 466 g/mol. The van der Waals surface area contributed by atoms with Gasteiger partial charge in [0.1, 0.15) is 0 Å². The number of rotatable bonds is 6. The van der Waals surface area contributed by atoms with Gasteiger partial charge in [0.25, 0.3) is 5.78 Å². The maximum absolute atomic E-state index is 4.92. The van der Waals surface area contributed by atoms with E-state index >= 15 is 0 Å². The Kier molecular flexibility index (Phi) is 6.34. The molecule has 1 saturated heterocycles. The van der Waals surface area contributed by atoms with Crippen molar-refractivity contribution < 1.29 is 0 Å². The van der Waals surface area contributed by atoms with Crippen LogP contribution in [0.2, 0.25) is 0 Å². The molecule has 0 aliphatic carbocycles. The highest BCUT2D eigenvalue weighted by Crippen LogP contribution is 2.30. The predicted octanol–water partition coefficient (Wildman–Crippen LogP) is 5.57. The zero-order valence-electron chi connectivity index (χ0n) is 20.2. The van der Waals surface area contributed by atoms with Crippen LogP contribution in [0.4, 0.5) is 5.95 Å². The Morgan fingerprint density at radius 1 is 0.889 bits per heavy atom. The molecule has 0 unspecified atom stereocenters. The zero-order valence-corrected chi connectivity index (χ0v) is 21.0. The van der Waals surface area contributed by atoms with E-state index in [4.69, 9.17) is 10.1 Å². The molecule has 180 valence electrons. The number of thioether (sulfide) groups is 1. The Morgan fingerprint density at radius 2 is 1.64 bits per heavy atom. The maximum Gasteiger partial charge on any atom is 0.253 e. The normalized spacial score (nSPS) is 14.4. The molecule has 3 aromatic heterocycles. The van der Waals surface area contributed by atoms with E-state index in [2.05, 4.69) is 62.3 Å². The molecule has 5 aromatic rings. The molecule has 36 heavy (non-hydrogen) atoms. The number of piperidine rings is 1. The Bertz CT molecular complexity index is 1460. The number of benzene rings is 2. The SMILES string of the molecule is Cc1c(-c2ccnc(N3CCC(c4ccccc4)CC3)n2)cnc2nc(SCc3ccccc3)nn12. The molecule has 1 aliphatic heterocycles. The summed E-state index contributed by atoms with van der Waals surface area (Å²) in [7, 11) is 0. The Hall–Kier alpha value is -3.78. The summed E-state index contributed by atoms with van der Waals surface area (Å²) >= 11 is 1.61. The fourth-order valence-corrected chi connectivity index (χ4v) is 5.52. The molecule has 8 heteroatoms. The predicted molar refractivity (Wildman–Crippen MR) is 143 cm³/mol. The minimum absolute atomic E-state index is 0.598. The van der Waals surface area contributed by atoms with Crippen LogP contribution in [0.5, 0.6) is 0 Å². The van der Waals surface area contributed by atoms with Gasteiger partial charge in [0.15, 0.2) is 0 Å². The molecule has 2 aromatic carbocycles. The van der Waals surface area contributed by atoms with Crippen LogP contribution in [0.3, 0.4) is 0 Å². The molecular formula is C28H27N7S. The van der Waals surface area contributed by atoms with Crippen molar-refractivity contribution in [3.05, 3.63) is 95.9 Å². The van der Waals surface area contributed by atoms with Crippen LogP contribution in [-0.2, 0) is 5.75 Å². The van der Waals surface area contributed by atoms with Crippen molar-refractivity contribution in [2.24, 2.45) is 0 Å². The molecule has 0 N–H and O–H groups in total. The summed E-state index contributed by atoms with van der Waals surface area (Å²) in [6.07, 6.45) is 5.89. The number of hydrogen-bond acceptors (Lipinski definition) is 7. The lowest BCUT2D eigenvalue weighted by atomic mass is 9.90. The maximum atomic E-state index is 4.92. The van der Waals surface area contributed by atoms with E-state index in [9.17, 15) is 0 Å². The lowest BCUT2D eigenvalue weighted by molar-refractivity contribution is 0.499. The lowest BCUT2D eigenvalue weighted by Gasteiger charge is -2.32. The third-order valence-corrected chi connectivity index (χ3v) is 7.67. The van der Waals surface area contributed by atoms with E-state index in [1.54, 1.807) is 11.8 Å². The highest BCUT2D eigenvalue weighted by Gasteiger charge is 2.23. The fraction of sp³-hybridized carbons (Fsp3) is 0.250. The van der Waals surface area contributed by atoms with Crippen LogP contribution in [0.1, 0.15) is 35.6 Å². The summed E-state index contributed by atoms with van der Waals surface area (Å²) in [5.74, 6) is 2.79. The van der Waals surface area contributed by atoms with E-state index in [0.29, 0.717) is 11.7 Å². The fourth-order valence-electron chi connectivity index (χ4n) is 4.75. The molecule has 0 amide bonds. The molecule has 1 fully saturated rings. The Balaban J connectivity index is 1.20. The minimum atomic E-state index is 0.598. The van der Waals surface area contributed by atoms with Crippen molar-refractivity contribution >= 4 is 23.5 Å². The van der Waals surface area contributed by atoms with Crippen LogP contribution in [-0.4, -0.2) is 42.6 Å². The monoisotopic (exact) mass is 493 g/mol. The number of nitrogens with zero attached hydrogens (tertiary/aromatic N) is 7. The summed E-state index contributed by atoms with van der Waals surface area (Å²) in [5, 5.41) is 5.43. The third-order valence-electron chi connectivity index (χ3n) is 6.77. The molecule has 0 radical (unpaired) electrons. The third kappa shape index (κ3) is 4.68. The number of hydrogen-bond donors (Lipinski definition) is 0. The van der Waals surface area contributed by atoms with Gasteiger partial charge in [-0.3, -0.25) is 0 Å². The Labute approximate surface area is 214 Å². The summed E-state index contributed by atoms with van der Waals surface area (Å²) in [6, 6.07) is 23.1. The first kappa shape index (κ1) is 22.7. The standard InChI is InChI=1S/C28H27N7S/c1-20-24(18-30-27-32-28(33-35(20)27)36-19-21-8-4-2-5-9-21)25-12-15-29-26(31-25)34-16-13-23(14-17-34)22-10-6-3-7-11-22/h2-12,15,18,23H,13-14,16-17,19H2,1H3. The van der Waals surface area contributed by atoms with Crippen LogP contribution < -0.4 is 4.90 Å². The van der Waals surface area contributed by atoms with Crippen LogP contribution >= 0.6 is 11.8 Å². The summed E-state index contributed by atoms with van der Waals surface area (Å²) < 4.78 is 1.82. The highest BCUT2D eigenvalue weighted by molar-refractivity contribution is 7.98. The van der Waals surface area contributed by atoms with Gasteiger partial charge in [-0.25, -0.2) is 15.0 Å². The van der Waals surface area contributed by atoms with Gasteiger partial charge in [-0.2, -0.15) is 9.50 Å². The van der Waals surface area contributed by atoms with Crippen molar-refractivity contribution in [1.29, 1.82) is 0 Å². The van der Waals surface area contributed by atoms with Crippen LogP contribution in [0.25, 0.3) is 17.0 Å². The minimum Gasteiger partial charge on any atom is -0.341 e. The zero-order chi connectivity index (χ0) is 24.3. The highest BCUT2D eigenvalue weighted by atomic mass is 32.2.